The van der Waals surface area contributed by atoms with Crippen LogP contribution in [-0.2, 0) is 0 Å². The fraction of sp³-hybridized carbons (Fsp3) is 1.00. The third-order valence-corrected chi connectivity index (χ3v) is 2.92. The zero-order valence-corrected chi connectivity index (χ0v) is 10.2. The van der Waals surface area contributed by atoms with E-state index in [1.165, 1.54) is 0 Å². The summed E-state index contributed by atoms with van der Waals surface area (Å²) in [5.74, 6) is 0.363. The van der Waals surface area contributed by atoms with Gasteiger partial charge in [-0.25, -0.2) is 0 Å². The maximum Gasteiger partial charge on any atom is 0.00823 e. The third kappa shape index (κ3) is 6.84. The zero-order chi connectivity index (χ0) is 11.8. The van der Waals surface area contributed by atoms with E-state index in [1.807, 2.05) is 13.8 Å². The van der Waals surface area contributed by atoms with Gasteiger partial charge in [-0.2, -0.15) is 0 Å². The Morgan fingerprint density at radius 3 is 1.93 bits per heavy atom. The normalized spacial score (nSPS) is 19.6. The summed E-state index contributed by atoms with van der Waals surface area (Å²) in [6.45, 7) is 4.74. The van der Waals surface area contributed by atoms with Gasteiger partial charge < -0.3 is 22.9 Å². The molecule has 0 aromatic carbocycles. The van der Waals surface area contributed by atoms with Crippen molar-refractivity contribution >= 4 is 0 Å². The maximum absolute atomic E-state index is 6.11. The van der Waals surface area contributed by atoms with Gasteiger partial charge in [0.1, 0.15) is 0 Å². The van der Waals surface area contributed by atoms with E-state index in [1.54, 1.807) is 0 Å². The highest BCUT2D eigenvalue weighted by Gasteiger charge is 2.21. The summed E-state index contributed by atoms with van der Waals surface area (Å²) in [5, 5.41) is 0. The molecule has 0 saturated carbocycles. The molecule has 0 fully saturated rings. The van der Waals surface area contributed by atoms with Crippen LogP contribution in [-0.4, -0.2) is 24.7 Å². The third-order valence-electron chi connectivity index (χ3n) is 2.92. The van der Waals surface area contributed by atoms with E-state index in [0.717, 1.165) is 25.7 Å². The summed E-state index contributed by atoms with van der Waals surface area (Å²) in [6.07, 6.45) is 3.94. The second kappa shape index (κ2) is 8.05. The second-order valence-electron chi connectivity index (χ2n) is 4.67. The lowest BCUT2D eigenvalue weighted by molar-refractivity contribution is 0.311. The molecule has 0 heterocycles. The summed E-state index contributed by atoms with van der Waals surface area (Å²) in [4.78, 5) is 0. The molecule has 0 aromatic rings. The molecule has 8 N–H and O–H groups in total. The Balaban J connectivity index is 4.01. The van der Waals surface area contributed by atoms with Crippen LogP contribution in [0.2, 0.25) is 0 Å². The van der Waals surface area contributed by atoms with Gasteiger partial charge in [0, 0.05) is 18.1 Å². The van der Waals surface area contributed by atoms with E-state index in [-0.39, 0.29) is 18.1 Å². The van der Waals surface area contributed by atoms with Gasteiger partial charge in [0.25, 0.3) is 0 Å². The lowest BCUT2D eigenvalue weighted by Crippen LogP contribution is -2.41. The highest BCUT2D eigenvalue weighted by atomic mass is 14.7. The smallest absolute Gasteiger partial charge is 0.00823 e. The van der Waals surface area contributed by atoms with Crippen LogP contribution >= 0.6 is 0 Å². The summed E-state index contributed by atoms with van der Waals surface area (Å²) in [7, 11) is 0. The SMILES string of the molecule is CC(N)CCC(C(C)N)C(N)CCCN. The Bertz CT molecular complexity index is 148. The Hall–Kier alpha value is -0.160. The van der Waals surface area contributed by atoms with E-state index in [0.29, 0.717) is 12.5 Å². The first-order valence-corrected chi connectivity index (χ1v) is 5.95. The van der Waals surface area contributed by atoms with Crippen LogP contribution in [0.1, 0.15) is 39.5 Å². The standard InChI is InChI=1S/C11H28N4/c1-8(13)5-6-10(9(2)14)11(15)4-3-7-12/h8-11H,3-7,12-15H2,1-2H3. The van der Waals surface area contributed by atoms with Crippen LogP contribution < -0.4 is 22.9 Å². The lowest BCUT2D eigenvalue weighted by Gasteiger charge is -2.27. The molecule has 15 heavy (non-hydrogen) atoms. The van der Waals surface area contributed by atoms with E-state index < -0.39 is 0 Å². The highest BCUT2D eigenvalue weighted by Crippen LogP contribution is 2.17. The topological polar surface area (TPSA) is 104 Å². The highest BCUT2D eigenvalue weighted by molar-refractivity contribution is 4.80. The number of hydrogen-bond donors (Lipinski definition) is 4. The van der Waals surface area contributed by atoms with Crippen molar-refractivity contribution in [2.75, 3.05) is 6.54 Å². The van der Waals surface area contributed by atoms with E-state index in [9.17, 15) is 0 Å². The Labute approximate surface area is 93.7 Å². The van der Waals surface area contributed by atoms with Crippen molar-refractivity contribution in [1.82, 2.24) is 0 Å². The molecule has 0 spiro atoms. The Kier molecular flexibility index (Phi) is 7.96. The molecule has 92 valence electrons. The molecule has 0 aliphatic heterocycles. The van der Waals surface area contributed by atoms with Gasteiger partial charge >= 0.3 is 0 Å². The van der Waals surface area contributed by atoms with E-state index >= 15 is 0 Å². The maximum atomic E-state index is 6.11. The van der Waals surface area contributed by atoms with Gasteiger partial charge in [0.05, 0.1) is 0 Å². The molecule has 4 heteroatoms. The van der Waals surface area contributed by atoms with Crippen LogP contribution in [0, 0.1) is 5.92 Å². The summed E-state index contributed by atoms with van der Waals surface area (Å²) in [5.41, 5.74) is 23.3. The molecule has 0 radical (unpaired) electrons. The van der Waals surface area contributed by atoms with Crippen LogP contribution in [0.3, 0.4) is 0 Å². The van der Waals surface area contributed by atoms with Crippen molar-refractivity contribution in [1.29, 1.82) is 0 Å². The van der Waals surface area contributed by atoms with Crippen LogP contribution in [0.5, 0.6) is 0 Å². The van der Waals surface area contributed by atoms with Crippen molar-refractivity contribution in [3.8, 4) is 0 Å². The molecular weight excluding hydrogens is 188 g/mol. The summed E-state index contributed by atoms with van der Waals surface area (Å²) >= 11 is 0. The van der Waals surface area contributed by atoms with Crippen molar-refractivity contribution in [3.05, 3.63) is 0 Å². The minimum atomic E-state index is 0.136. The average Bonchev–Trinajstić information content (AvgIpc) is 2.13. The fourth-order valence-electron chi connectivity index (χ4n) is 1.89. The molecule has 4 nitrogen and oxygen atoms in total. The molecule has 0 aliphatic rings. The van der Waals surface area contributed by atoms with E-state index in [4.69, 9.17) is 22.9 Å². The lowest BCUT2D eigenvalue weighted by atomic mass is 9.86. The molecule has 4 unspecified atom stereocenters. The molecule has 0 aliphatic carbocycles. The average molecular weight is 216 g/mol. The van der Waals surface area contributed by atoms with Gasteiger partial charge in [-0.15, -0.1) is 0 Å². The van der Waals surface area contributed by atoms with Crippen molar-refractivity contribution in [2.45, 2.75) is 57.7 Å². The minimum Gasteiger partial charge on any atom is -0.330 e. The minimum absolute atomic E-state index is 0.136. The molecular formula is C11H28N4. The quantitative estimate of drug-likeness (QED) is 0.463. The number of hydrogen-bond acceptors (Lipinski definition) is 4. The van der Waals surface area contributed by atoms with Crippen LogP contribution in [0.25, 0.3) is 0 Å². The van der Waals surface area contributed by atoms with Gasteiger partial charge in [0.2, 0.25) is 0 Å². The Morgan fingerprint density at radius 2 is 1.53 bits per heavy atom. The van der Waals surface area contributed by atoms with Gasteiger partial charge in [0.15, 0.2) is 0 Å². The van der Waals surface area contributed by atoms with Crippen molar-refractivity contribution < 1.29 is 0 Å². The van der Waals surface area contributed by atoms with E-state index in [2.05, 4.69) is 0 Å². The molecule has 0 saturated heterocycles. The number of rotatable bonds is 8. The number of nitrogens with two attached hydrogens (primary N) is 4. The van der Waals surface area contributed by atoms with Crippen molar-refractivity contribution in [2.24, 2.45) is 28.9 Å². The van der Waals surface area contributed by atoms with Gasteiger partial charge in [-0.3, -0.25) is 0 Å². The van der Waals surface area contributed by atoms with Crippen LogP contribution in [0.4, 0.5) is 0 Å². The fourth-order valence-corrected chi connectivity index (χ4v) is 1.89. The first kappa shape index (κ1) is 14.8. The second-order valence-corrected chi connectivity index (χ2v) is 4.67. The van der Waals surface area contributed by atoms with Gasteiger partial charge in [-0.1, -0.05) is 0 Å². The zero-order valence-electron chi connectivity index (χ0n) is 10.2. The Morgan fingerprint density at radius 1 is 0.933 bits per heavy atom. The first-order chi connectivity index (χ1) is 6.99. The largest absolute Gasteiger partial charge is 0.330 e. The molecule has 0 aromatic heterocycles. The predicted octanol–water partition coefficient (Wildman–Crippen LogP) is 0.143. The molecule has 0 amide bonds. The molecule has 0 rings (SSSR count). The van der Waals surface area contributed by atoms with Crippen molar-refractivity contribution in [3.63, 3.8) is 0 Å². The molecule has 0 bridgehead atoms. The van der Waals surface area contributed by atoms with Crippen LogP contribution in [0.15, 0.2) is 0 Å². The predicted molar refractivity (Wildman–Crippen MR) is 66.3 cm³/mol. The first-order valence-electron chi connectivity index (χ1n) is 5.95. The van der Waals surface area contributed by atoms with Gasteiger partial charge in [-0.05, 0) is 52.0 Å². The summed E-state index contributed by atoms with van der Waals surface area (Å²) in [6, 6.07) is 0.525. The monoisotopic (exact) mass is 216 g/mol. The summed E-state index contributed by atoms with van der Waals surface area (Å²) < 4.78 is 0. The molecule has 4 atom stereocenters.